The lowest BCUT2D eigenvalue weighted by Crippen LogP contribution is -2.00. The van der Waals surface area contributed by atoms with Crippen molar-refractivity contribution in [3.63, 3.8) is 0 Å². The minimum absolute atomic E-state index is 0. The molecule has 1 aromatic heterocycles. The zero-order chi connectivity index (χ0) is 16.2. The van der Waals surface area contributed by atoms with Gasteiger partial charge < -0.3 is 15.5 Å². The molecule has 1 heterocycles. The van der Waals surface area contributed by atoms with Crippen LogP contribution in [0.2, 0.25) is 0 Å². The summed E-state index contributed by atoms with van der Waals surface area (Å²) in [6.07, 6.45) is 1.43. The van der Waals surface area contributed by atoms with Crippen LogP contribution in [0.3, 0.4) is 0 Å². The molecule has 24 heavy (non-hydrogen) atoms. The molecule has 2 aromatic carbocycles. The second-order valence-electron chi connectivity index (χ2n) is 4.82. The summed E-state index contributed by atoms with van der Waals surface area (Å²) < 4.78 is 0. The van der Waals surface area contributed by atoms with Crippen LogP contribution in [0.15, 0.2) is 60.9 Å². The number of aromatic hydroxyl groups is 1. The average molecular weight is 344 g/mol. The normalized spacial score (nSPS) is 9.83. The number of nitrogens with zero attached hydrogens (tertiary/aromatic N) is 2. The summed E-state index contributed by atoms with van der Waals surface area (Å²) >= 11 is 0. The van der Waals surface area contributed by atoms with Crippen molar-refractivity contribution in [3.05, 3.63) is 66.5 Å². The van der Waals surface area contributed by atoms with Gasteiger partial charge in [-0.15, -0.1) is 12.4 Å². The topological polar surface area (TPSA) is 95.3 Å². The molecule has 6 nitrogen and oxygen atoms in total. The number of halogens is 1. The van der Waals surface area contributed by atoms with E-state index in [0.29, 0.717) is 11.5 Å². The van der Waals surface area contributed by atoms with Crippen LogP contribution in [0.5, 0.6) is 5.75 Å². The van der Waals surface area contributed by atoms with Crippen LogP contribution in [-0.2, 0) is 0 Å². The molecule has 0 aliphatic heterocycles. The van der Waals surface area contributed by atoms with Crippen molar-refractivity contribution in [2.45, 2.75) is 0 Å². The number of hydrogen-bond donors (Lipinski definition) is 3. The third kappa shape index (κ3) is 3.80. The number of hydrogen-bond acceptors (Lipinski definition) is 5. The Hall–Kier alpha value is -3.12. The van der Waals surface area contributed by atoms with Gasteiger partial charge in [0.1, 0.15) is 23.5 Å². The highest BCUT2D eigenvalue weighted by atomic mass is 35.5. The fourth-order valence-electron chi connectivity index (χ4n) is 2.13. The highest BCUT2D eigenvalue weighted by Crippen LogP contribution is 2.25. The SMILES string of the molecule is Cl.O=C(O)c1cc(Nc2cc(-c3ccccc3)ncn2)ccc1O. The van der Waals surface area contributed by atoms with Gasteiger partial charge in [0, 0.05) is 17.3 Å². The molecule has 0 radical (unpaired) electrons. The Morgan fingerprint density at radius 3 is 2.46 bits per heavy atom. The molecule has 0 aliphatic carbocycles. The molecule has 0 fully saturated rings. The summed E-state index contributed by atoms with van der Waals surface area (Å²) in [6, 6.07) is 15.7. The molecule has 0 spiro atoms. The van der Waals surface area contributed by atoms with Crippen molar-refractivity contribution in [1.82, 2.24) is 9.97 Å². The number of phenols is 1. The van der Waals surface area contributed by atoms with E-state index in [1.807, 2.05) is 30.3 Å². The number of carboxylic acid groups (broad SMARTS) is 1. The molecular weight excluding hydrogens is 330 g/mol. The van der Waals surface area contributed by atoms with E-state index >= 15 is 0 Å². The van der Waals surface area contributed by atoms with Gasteiger partial charge in [-0.2, -0.15) is 0 Å². The average Bonchev–Trinajstić information content (AvgIpc) is 2.57. The molecule has 0 bridgehead atoms. The van der Waals surface area contributed by atoms with Gasteiger partial charge in [0.15, 0.2) is 0 Å². The molecule has 0 atom stereocenters. The van der Waals surface area contributed by atoms with Crippen molar-refractivity contribution < 1.29 is 15.0 Å². The van der Waals surface area contributed by atoms with Crippen LogP contribution in [0, 0.1) is 0 Å². The Morgan fingerprint density at radius 1 is 1.00 bits per heavy atom. The first kappa shape index (κ1) is 17.2. The first-order valence-electron chi connectivity index (χ1n) is 6.84. The molecule has 3 N–H and O–H groups in total. The van der Waals surface area contributed by atoms with Gasteiger partial charge in [-0.3, -0.25) is 0 Å². The number of carbonyl (C=O) groups is 1. The third-order valence-electron chi connectivity index (χ3n) is 3.24. The van der Waals surface area contributed by atoms with Crippen LogP contribution in [-0.4, -0.2) is 26.2 Å². The zero-order valence-electron chi connectivity index (χ0n) is 12.4. The summed E-state index contributed by atoms with van der Waals surface area (Å²) in [4.78, 5) is 19.4. The molecule has 0 amide bonds. The number of benzene rings is 2. The number of rotatable bonds is 4. The van der Waals surface area contributed by atoms with Crippen molar-refractivity contribution in [1.29, 1.82) is 0 Å². The van der Waals surface area contributed by atoms with E-state index in [-0.39, 0.29) is 23.7 Å². The largest absolute Gasteiger partial charge is 0.507 e. The standard InChI is InChI=1S/C17H13N3O3.ClH/c21-15-7-6-12(8-13(15)17(22)23)20-16-9-14(18-10-19-16)11-4-2-1-3-5-11;/h1-10,21H,(H,22,23)(H,18,19,20);1H. The highest BCUT2D eigenvalue weighted by molar-refractivity contribution is 5.92. The van der Waals surface area contributed by atoms with Crippen LogP contribution in [0.1, 0.15) is 10.4 Å². The maximum atomic E-state index is 11.1. The summed E-state index contributed by atoms with van der Waals surface area (Å²) in [5.41, 5.74) is 2.04. The number of aromatic nitrogens is 2. The molecule has 7 heteroatoms. The second kappa shape index (κ2) is 7.43. The summed E-state index contributed by atoms with van der Waals surface area (Å²) in [5, 5.41) is 21.6. The van der Waals surface area contributed by atoms with Crippen LogP contribution in [0.25, 0.3) is 11.3 Å². The maximum absolute atomic E-state index is 11.1. The first-order valence-corrected chi connectivity index (χ1v) is 6.84. The zero-order valence-corrected chi connectivity index (χ0v) is 13.2. The van der Waals surface area contributed by atoms with Gasteiger partial charge in [0.2, 0.25) is 0 Å². The number of carboxylic acids is 1. The van der Waals surface area contributed by atoms with Gasteiger partial charge >= 0.3 is 5.97 Å². The minimum atomic E-state index is -1.20. The monoisotopic (exact) mass is 343 g/mol. The minimum Gasteiger partial charge on any atom is -0.507 e. The molecule has 0 aliphatic rings. The first-order chi connectivity index (χ1) is 11.1. The lowest BCUT2D eigenvalue weighted by Gasteiger charge is -2.08. The van der Waals surface area contributed by atoms with E-state index in [1.54, 1.807) is 12.1 Å². The Labute approximate surface area is 144 Å². The third-order valence-corrected chi connectivity index (χ3v) is 3.24. The summed E-state index contributed by atoms with van der Waals surface area (Å²) in [5.74, 6) is -0.949. The fraction of sp³-hybridized carbons (Fsp3) is 0. The number of nitrogens with one attached hydrogen (secondary N) is 1. The van der Waals surface area contributed by atoms with Crippen molar-refractivity contribution in [3.8, 4) is 17.0 Å². The maximum Gasteiger partial charge on any atom is 0.339 e. The predicted octanol–water partition coefficient (Wildman–Crippen LogP) is 3.71. The quantitative estimate of drug-likeness (QED) is 0.625. The van der Waals surface area contributed by atoms with Crippen LogP contribution < -0.4 is 5.32 Å². The molecule has 0 saturated heterocycles. The lowest BCUT2D eigenvalue weighted by atomic mass is 10.1. The second-order valence-corrected chi connectivity index (χ2v) is 4.82. The molecular formula is C17H14ClN3O3. The smallest absolute Gasteiger partial charge is 0.339 e. The molecule has 122 valence electrons. The number of anilines is 2. The molecule has 3 rings (SSSR count). The van der Waals surface area contributed by atoms with Crippen molar-refractivity contribution in [2.24, 2.45) is 0 Å². The van der Waals surface area contributed by atoms with Gasteiger partial charge in [-0.25, -0.2) is 14.8 Å². The predicted molar refractivity (Wildman–Crippen MR) is 93.1 cm³/mol. The Morgan fingerprint density at radius 2 is 1.75 bits per heavy atom. The highest BCUT2D eigenvalue weighted by Gasteiger charge is 2.10. The van der Waals surface area contributed by atoms with E-state index in [9.17, 15) is 9.90 Å². The van der Waals surface area contributed by atoms with Crippen LogP contribution in [0.4, 0.5) is 11.5 Å². The van der Waals surface area contributed by atoms with Gasteiger partial charge in [-0.1, -0.05) is 30.3 Å². The summed E-state index contributed by atoms with van der Waals surface area (Å²) in [6.45, 7) is 0. The van der Waals surface area contributed by atoms with E-state index in [2.05, 4.69) is 15.3 Å². The van der Waals surface area contributed by atoms with Crippen LogP contribution >= 0.6 is 12.4 Å². The van der Waals surface area contributed by atoms with Gasteiger partial charge in [0.25, 0.3) is 0 Å². The molecule has 0 saturated carbocycles. The number of aromatic carboxylic acids is 1. The van der Waals surface area contributed by atoms with Gasteiger partial charge in [-0.05, 0) is 18.2 Å². The lowest BCUT2D eigenvalue weighted by molar-refractivity contribution is 0.0694. The Bertz CT molecular complexity index is 857. The fourth-order valence-corrected chi connectivity index (χ4v) is 2.13. The van der Waals surface area contributed by atoms with Crippen molar-refractivity contribution >= 4 is 29.9 Å². The molecule has 3 aromatic rings. The summed E-state index contributed by atoms with van der Waals surface area (Å²) in [7, 11) is 0. The van der Waals surface area contributed by atoms with Crippen molar-refractivity contribution in [2.75, 3.05) is 5.32 Å². The van der Waals surface area contributed by atoms with Gasteiger partial charge in [0.05, 0.1) is 5.69 Å². The van der Waals surface area contributed by atoms with E-state index in [1.165, 1.54) is 18.5 Å². The Kier molecular flexibility index (Phi) is 5.34. The van der Waals surface area contributed by atoms with E-state index in [0.717, 1.165) is 11.3 Å². The Balaban J connectivity index is 0.00000208. The molecule has 0 unspecified atom stereocenters. The van der Waals surface area contributed by atoms with E-state index in [4.69, 9.17) is 5.11 Å². The van der Waals surface area contributed by atoms with E-state index < -0.39 is 5.97 Å².